The first-order valence-electron chi connectivity index (χ1n) is 7.72. The Hall–Kier alpha value is -2.13. The molecule has 3 nitrogen and oxygen atoms in total. The Labute approximate surface area is 132 Å². The van der Waals surface area contributed by atoms with Gasteiger partial charge in [-0.3, -0.25) is 9.69 Å². The van der Waals surface area contributed by atoms with Gasteiger partial charge in [-0.25, -0.2) is 0 Å². The molecule has 1 atom stereocenters. The van der Waals surface area contributed by atoms with Crippen LogP contribution in [0.5, 0.6) is 0 Å². The van der Waals surface area contributed by atoms with Crippen molar-refractivity contribution in [2.24, 2.45) is 5.92 Å². The van der Waals surface area contributed by atoms with Gasteiger partial charge in [0.1, 0.15) is 0 Å². The highest BCUT2D eigenvalue weighted by Gasteiger charge is 2.19. The van der Waals surface area contributed by atoms with Crippen LogP contribution in [0, 0.1) is 5.92 Å². The van der Waals surface area contributed by atoms with Crippen LogP contribution in [0.15, 0.2) is 60.7 Å². The highest BCUT2D eigenvalue weighted by Crippen LogP contribution is 2.14. The molecule has 0 aliphatic carbocycles. The molecular formula is C19H23NO2. The minimum atomic E-state index is -0.714. The third kappa shape index (κ3) is 5.01. The molecule has 0 heterocycles. The number of aliphatic carboxylic acids is 1. The average molecular weight is 297 g/mol. The molecule has 0 spiro atoms. The zero-order valence-electron chi connectivity index (χ0n) is 13.0. The van der Waals surface area contributed by atoms with E-state index < -0.39 is 5.97 Å². The normalized spacial score (nSPS) is 12.3. The Bertz CT molecular complexity index is 527. The van der Waals surface area contributed by atoms with E-state index in [0.29, 0.717) is 13.0 Å². The standard InChI is InChI=1S/C19H23NO2/c1-2-18(19(21)22)15-20(13-16-9-5-3-6-10-16)14-17-11-7-4-8-12-17/h3-12,18H,2,13-15H2,1H3,(H,21,22)/t18-/m0/s1. The molecule has 0 radical (unpaired) electrons. The maximum Gasteiger partial charge on any atom is 0.307 e. The third-order valence-electron chi connectivity index (χ3n) is 3.82. The van der Waals surface area contributed by atoms with E-state index in [9.17, 15) is 9.90 Å². The fourth-order valence-electron chi connectivity index (χ4n) is 2.56. The summed E-state index contributed by atoms with van der Waals surface area (Å²) in [5.74, 6) is -1.04. The van der Waals surface area contributed by atoms with E-state index in [0.717, 1.165) is 13.1 Å². The summed E-state index contributed by atoms with van der Waals surface area (Å²) >= 11 is 0. The zero-order valence-corrected chi connectivity index (χ0v) is 13.0. The molecule has 116 valence electrons. The van der Waals surface area contributed by atoms with Gasteiger partial charge >= 0.3 is 5.97 Å². The molecule has 0 aromatic heterocycles. The molecule has 0 saturated carbocycles. The molecule has 0 fully saturated rings. The molecule has 0 amide bonds. The second-order valence-corrected chi connectivity index (χ2v) is 5.58. The van der Waals surface area contributed by atoms with Gasteiger partial charge in [0.15, 0.2) is 0 Å². The van der Waals surface area contributed by atoms with Crippen molar-refractivity contribution in [3.05, 3.63) is 71.8 Å². The fourth-order valence-corrected chi connectivity index (χ4v) is 2.56. The van der Waals surface area contributed by atoms with E-state index in [1.54, 1.807) is 0 Å². The van der Waals surface area contributed by atoms with Gasteiger partial charge in [0.05, 0.1) is 5.92 Å². The minimum absolute atomic E-state index is 0.326. The van der Waals surface area contributed by atoms with E-state index in [-0.39, 0.29) is 5.92 Å². The predicted molar refractivity (Wildman–Crippen MR) is 88.4 cm³/mol. The average Bonchev–Trinajstić information content (AvgIpc) is 2.54. The maximum absolute atomic E-state index is 11.3. The number of hydrogen-bond acceptors (Lipinski definition) is 2. The van der Waals surface area contributed by atoms with Crippen molar-refractivity contribution >= 4 is 5.97 Å². The summed E-state index contributed by atoms with van der Waals surface area (Å²) in [4.78, 5) is 13.6. The smallest absolute Gasteiger partial charge is 0.307 e. The molecule has 0 saturated heterocycles. The number of nitrogens with zero attached hydrogens (tertiary/aromatic N) is 1. The molecule has 0 aliphatic heterocycles. The van der Waals surface area contributed by atoms with Crippen LogP contribution in [-0.4, -0.2) is 22.5 Å². The second-order valence-electron chi connectivity index (χ2n) is 5.58. The first kappa shape index (κ1) is 16.2. The molecule has 0 aliphatic rings. The molecule has 0 bridgehead atoms. The van der Waals surface area contributed by atoms with Gasteiger partial charge in [-0.15, -0.1) is 0 Å². The number of hydrogen-bond donors (Lipinski definition) is 1. The summed E-state index contributed by atoms with van der Waals surface area (Å²) in [5.41, 5.74) is 2.41. The Balaban J connectivity index is 2.11. The Morgan fingerprint density at radius 1 is 0.955 bits per heavy atom. The van der Waals surface area contributed by atoms with Gasteiger partial charge < -0.3 is 5.11 Å². The van der Waals surface area contributed by atoms with Gasteiger partial charge in [0.2, 0.25) is 0 Å². The van der Waals surface area contributed by atoms with E-state index in [2.05, 4.69) is 29.2 Å². The Kier molecular flexibility index (Phi) is 6.16. The van der Waals surface area contributed by atoms with Crippen LogP contribution >= 0.6 is 0 Å². The molecule has 0 unspecified atom stereocenters. The number of carbonyl (C=O) groups is 1. The monoisotopic (exact) mass is 297 g/mol. The maximum atomic E-state index is 11.3. The lowest BCUT2D eigenvalue weighted by molar-refractivity contribution is -0.142. The van der Waals surface area contributed by atoms with Gasteiger partial charge in [0, 0.05) is 19.6 Å². The summed E-state index contributed by atoms with van der Waals surface area (Å²) in [5, 5.41) is 9.33. The quantitative estimate of drug-likeness (QED) is 0.805. The van der Waals surface area contributed by atoms with Crippen LogP contribution in [0.4, 0.5) is 0 Å². The highest BCUT2D eigenvalue weighted by molar-refractivity contribution is 5.70. The van der Waals surface area contributed by atoms with Crippen molar-refractivity contribution < 1.29 is 9.90 Å². The molecule has 2 aromatic rings. The summed E-state index contributed by atoms with van der Waals surface area (Å²) in [7, 11) is 0. The largest absolute Gasteiger partial charge is 0.481 e. The Morgan fingerprint density at radius 3 is 1.77 bits per heavy atom. The molecule has 2 aromatic carbocycles. The van der Waals surface area contributed by atoms with Gasteiger partial charge in [0.25, 0.3) is 0 Å². The van der Waals surface area contributed by atoms with E-state index in [4.69, 9.17) is 0 Å². The number of carboxylic acids is 1. The molecule has 3 heteroatoms. The highest BCUT2D eigenvalue weighted by atomic mass is 16.4. The van der Waals surface area contributed by atoms with Crippen LogP contribution in [0.1, 0.15) is 24.5 Å². The van der Waals surface area contributed by atoms with Crippen molar-refractivity contribution in [3.8, 4) is 0 Å². The number of benzene rings is 2. The number of carboxylic acid groups (broad SMARTS) is 1. The lowest BCUT2D eigenvalue weighted by Gasteiger charge is -2.25. The lowest BCUT2D eigenvalue weighted by Crippen LogP contribution is -2.32. The fraction of sp³-hybridized carbons (Fsp3) is 0.316. The van der Waals surface area contributed by atoms with Crippen molar-refractivity contribution in [3.63, 3.8) is 0 Å². The van der Waals surface area contributed by atoms with Crippen LogP contribution in [0.25, 0.3) is 0 Å². The number of rotatable bonds is 8. The molecule has 22 heavy (non-hydrogen) atoms. The van der Waals surface area contributed by atoms with Crippen LogP contribution in [0.3, 0.4) is 0 Å². The van der Waals surface area contributed by atoms with Crippen molar-refractivity contribution in [2.75, 3.05) is 6.54 Å². The van der Waals surface area contributed by atoms with Crippen molar-refractivity contribution in [2.45, 2.75) is 26.4 Å². The molecular weight excluding hydrogens is 274 g/mol. The minimum Gasteiger partial charge on any atom is -0.481 e. The molecule has 1 N–H and O–H groups in total. The first-order valence-corrected chi connectivity index (χ1v) is 7.72. The van der Waals surface area contributed by atoms with Crippen molar-refractivity contribution in [1.29, 1.82) is 0 Å². The van der Waals surface area contributed by atoms with E-state index in [1.165, 1.54) is 11.1 Å². The molecule has 2 rings (SSSR count). The zero-order chi connectivity index (χ0) is 15.8. The first-order chi connectivity index (χ1) is 10.7. The van der Waals surface area contributed by atoms with E-state index in [1.807, 2.05) is 43.3 Å². The predicted octanol–water partition coefficient (Wildman–Crippen LogP) is 3.80. The Morgan fingerprint density at radius 2 is 1.41 bits per heavy atom. The second kappa shape index (κ2) is 8.35. The summed E-state index contributed by atoms with van der Waals surface area (Å²) in [6, 6.07) is 20.4. The van der Waals surface area contributed by atoms with Crippen LogP contribution < -0.4 is 0 Å². The summed E-state index contributed by atoms with van der Waals surface area (Å²) in [6.07, 6.45) is 0.648. The van der Waals surface area contributed by atoms with Crippen LogP contribution in [-0.2, 0) is 17.9 Å². The van der Waals surface area contributed by atoms with Gasteiger partial charge in [-0.1, -0.05) is 67.6 Å². The SMILES string of the molecule is CC[C@@H](CN(Cc1ccccc1)Cc1ccccc1)C(=O)O. The van der Waals surface area contributed by atoms with E-state index >= 15 is 0 Å². The third-order valence-corrected chi connectivity index (χ3v) is 3.82. The summed E-state index contributed by atoms with van der Waals surface area (Å²) in [6.45, 7) is 4.02. The van der Waals surface area contributed by atoms with Crippen LogP contribution in [0.2, 0.25) is 0 Å². The topological polar surface area (TPSA) is 40.5 Å². The lowest BCUT2D eigenvalue weighted by atomic mass is 10.0. The van der Waals surface area contributed by atoms with Gasteiger partial charge in [-0.2, -0.15) is 0 Å². The summed E-state index contributed by atoms with van der Waals surface area (Å²) < 4.78 is 0. The van der Waals surface area contributed by atoms with Gasteiger partial charge in [-0.05, 0) is 17.5 Å². The van der Waals surface area contributed by atoms with Crippen molar-refractivity contribution in [1.82, 2.24) is 4.90 Å².